The third-order valence-corrected chi connectivity index (χ3v) is 2.89. The summed E-state index contributed by atoms with van der Waals surface area (Å²) in [5.74, 6) is 1.25. The number of para-hydroxylation sites is 1. The maximum absolute atomic E-state index is 8.98. The molecular formula is C13H12BrNO2. The lowest BCUT2D eigenvalue weighted by Crippen LogP contribution is -1.96. The van der Waals surface area contributed by atoms with Crippen molar-refractivity contribution in [2.75, 3.05) is 6.61 Å². The quantitative estimate of drug-likeness (QED) is 0.941. The molecule has 4 heteroatoms. The van der Waals surface area contributed by atoms with Gasteiger partial charge >= 0.3 is 0 Å². The molecule has 0 saturated heterocycles. The van der Waals surface area contributed by atoms with Crippen LogP contribution in [0.4, 0.5) is 0 Å². The Morgan fingerprint density at radius 3 is 2.76 bits per heavy atom. The first-order valence-corrected chi connectivity index (χ1v) is 6.07. The van der Waals surface area contributed by atoms with Gasteiger partial charge in [-0.25, -0.2) is 4.98 Å². The smallest absolute Gasteiger partial charge is 0.233 e. The first kappa shape index (κ1) is 12.1. The zero-order chi connectivity index (χ0) is 12.1. The van der Waals surface area contributed by atoms with Crippen LogP contribution in [0.5, 0.6) is 11.6 Å². The van der Waals surface area contributed by atoms with E-state index < -0.39 is 0 Å². The van der Waals surface area contributed by atoms with Gasteiger partial charge in [-0.3, -0.25) is 0 Å². The summed E-state index contributed by atoms with van der Waals surface area (Å²) < 4.78 is 6.53. The van der Waals surface area contributed by atoms with Crippen LogP contribution < -0.4 is 4.74 Å². The third kappa shape index (κ3) is 3.05. The average molecular weight is 294 g/mol. The Labute approximate surface area is 108 Å². The van der Waals surface area contributed by atoms with Crippen molar-refractivity contribution < 1.29 is 9.84 Å². The molecule has 0 spiro atoms. The molecule has 1 N–H and O–H groups in total. The zero-order valence-corrected chi connectivity index (χ0v) is 10.7. The SMILES string of the molecule is OCCc1ccccc1Oc1ncccc1Br. The van der Waals surface area contributed by atoms with Crippen molar-refractivity contribution in [2.45, 2.75) is 6.42 Å². The topological polar surface area (TPSA) is 42.4 Å². The van der Waals surface area contributed by atoms with E-state index in [2.05, 4.69) is 20.9 Å². The van der Waals surface area contributed by atoms with Gasteiger partial charge in [0.15, 0.2) is 0 Å². The van der Waals surface area contributed by atoms with Gasteiger partial charge in [0.2, 0.25) is 5.88 Å². The van der Waals surface area contributed by atoms with E-state index in [4.69, 9.17) is 9.84 Å². The molecule has 2 rings (SSSR count). The van der Waals surface area contributed by atoms with E-state index in [0.29, 0.717) is 12.3 Å². The highest BCUT2D eigenvalue weighted by molar-refractivity contribution is 9.10. The van der Waals surface area contributed by atoms with Crippen LogP contribution in [0.25, 0.3) is 0 Å². The third-order valence-electron chi connectivity index (χ3n) is 2.29. The van der Waals surface area contributed by atoms with Crippen LogP contribution in [0.3, 0.4) is 0 Å². The molecule has 0 radical (unpaired) electrons. The highest BCUT2D eigenvalue weighted by atomic mass is 79.9. The van der Waals surface area contributed by atoms with E-state index in [1.54, 1.807) is 6.20 Å². The molecule has 0 aliphatic carbocycles. The molecule has 0 aliphatic rings. The highest BCUT2D eigenvalue weighted by Gasteiger charge is 2.07. The van der Waals surface area contributed by atoms with Crippen LogP contribution in [-0.2, 0) is 6.42 Å². The molecular weight excluding hydrogens is 282 g/mol. The summed E-state index contributed by atoms with van der Waals surface area (Å²) in [5, 5.41) is 8.98. The molecule has 0 saturated carbocycles. The number of aromatic nitrogens is 1. The molecule has 3 nitrogen and oxygen atoms in total. The minimum absolute atomic E-state index is 0.101. The second-order valence-corrected chi connectivity index (χ2v) is 4.33. The van der Waals surface area contributed by atoms with E-state index in [1.165, 1.54) is 0 Å². The normalized spacial score (nSPS) is 10.2. The molecule has 2 aromatic rings. The largest absolute Gasteiger partial charge is 0.438 e. The lowest BCUT2D eigenvalue weighted by Gasteiger charge is -2.10. The van der Waals surface area contributed by atoms with Crippen molar-refractivity contribution in [1.82, 2.24) is 4.98 Å². The number of hydrogen-bond acceptors (Lipinski definition) is 3. The monoisotopic (exact) mass is 293 g/mol. The summed E-state index contributed by atoms with van der Waals surface area (Å²) in [6.45, 7) is 0.101. The lowest BCUT2D eigenvalue weighted by molar-refractivity contribution is 0.297. The van der Waals surface area contributed by atoms with Gasteiger partial charge in [0.1, 0.15) is 5.75 Å². The van der Waals surface area contributed by atoms with Crippen molar-refractivity contribution >= 4 is 15.9 Å². The van der Waals surface area contributed by atoms with Crippen molar-refractivity contribution in [3.05, 3.63) is 52.6 Å². The molecule has 17 heavy (non-hydrogen) atoms. The van der Waals surface area contributed by atoms with Gasteiger partial charge in [-0.2, -0.15) is 0 Å². The molecule has 0 atom stereocenters. The number of pyridine rings is 1. The fourth-order valence-electron chi connectivity index (χ4n) is 1.48. The van der Waals surface area contributed by atoms with Gasteiger partial charge in [-0.15, -0.1) is 0 Å². The molecule has 1 heterocycles. The second kappa shape index (κ2) is 5.80. The number of nitrogens with zero attached hydrogens (tertiary/aromatic N) is 1. The fraction of sp³-hybridized carbons (Fsp3) is 0.154. The van der Waals surface area contributed by atoms with E-state index in [1.807, 2.05) is 36.4 Å². The van der Waals surface area contributed by atoms with E-state index in [-0.39, 0.29) is 6.61 Å². The van der Waals surface area contributed by atoms with Crippen molar-refractivity contribution in [3.63, 3.8) is 0 Å². The zero-order valence-electron chi connectivity index (χ0n) is 9.14. The Balaban J connectivity index is 2.27. The number of aliphatic hydroxyl groups excluding tert-OH is 1. The van der Waals surface area contributed by atoms with Gasteiger partial charge in [-0.1, -0.05) is 18.2 Å². The summed E-state index contributed by atoms with van der Waals surface area (Å²) in [5.41, 5.74) is 0.965. The number of benzene rings is 1. The first-order valence-electron chi connectivity index (χ1n) is 5.28. The summed E-state index contributed by atoms with van der Waals surface area (Å²) in [6, 6.07) is 11.3. The summed E-state index contributed by atoms with van der Waals surface area (Å²) >= 11 is 3.38. The Morgan fingerprint density at radius 1 is 1.18 bits per heavy atom. The summed E-state index contributed by atoms with van der Waals surface area (Å²) in [7, 11) is 0. The summed E-state index contributed by atoms with van der Waals surface area (Å²) in [6.07, 6.45) is 2.25. The van der Waals surface area contributed by atoms with Crippen LogP contribution in [0, 0.1) is 0 Å². The van der Waals surface area contributed by atoms with Crippen molar-refractivity contribution in [1.29, 1.82) is 0 Å². The Morgan fingerprint density at radius 2 is 2.00 bits per heavy atom. The van der Waals surface area contributed by atoms with Gasteiger partial charge in [0.05, 0.1) is 4.47 Å². The maximum Gasteiger partial charge on any atom is 0.233 e. The van der Waals surface area contributed by atoms with Gasteiger partial charge in [-0.05, 0) is 46.1 Å². The average Bonchev–Trinajstić information content (AvgIpc) is 2.35. The highest BCUT2D eigenvalue weighted by Crippen LogP contribution is 2.29. The van der Waals surface area contributed by atoms with E-state index in [9.17, 15) is 0 Å². The van der Waals surface area contributed by atoms with E-state index >= 15 is 0 Å². The Hall–Kier alpha value is -1.39. The van der Waals surface area contributed by atoms with E-state index in [0.717, 1.165) is 15.8 Å². The van der Waals surface area contributed by atoms with Crippen molar-refractivity contribution in [2.24, 2.45) is 0 Å². The van der Waals surface area contributed by atoms with Crippen LogP contribution in [-0.4, -0.2) is 16.7 Å². The molecule has 1 aromatic heterocycles. The molecule has 88 valence electrons. The standard InChI is InChI=1S/C13H12BrNO2/c14-11-5-3-8-15-13(11)17-12-6-2-1-4-10(12)7-9-16/h1-6,8,16H,7,9H2. The lowest BCUT2D eigenvalue weighted by atomic mass is 10.1. The molecule has 0 unspecified atom stereocenters. The molecule has 0 fully saturated rings. The van der Waals surface area contributed by atoms with Gasteiger partial charge in [0, 0.05) is 12.8 Å². The molecule has 1 aromatic carbocycles. The number of ether oxygens (including phenoxy) is 1. The maximum atomic E-state index is 8.98. The van der Waals surface area contributed by atoms with Crippen molar-refractivity contribution in [3.8, 4) is 11.6 Å². The first-order chi connectivity index (χ1) is 8.31. The number of halogens is 1. The predicted molar refractivity (Wildman–Crippen MR) is 69.2 cm³/mol. The molecule has 0 amide bonds. The van der Waals surface area contributed by atoms with Crippen LogP contribution in [0.15, 0.2) is 47.1 Å². The fourth-order valence-corrected chi connectivity index (χ4v) is 1.82. The van der Waals surface area contributed by atoms with Crippen LogP contribution in [0.1, 0.15) is 5.56 Å². The number of rotatable bonds is 4. The summed E-state index contributed by atoms with van der Waals surface area (Å²) in [4.78, 5) is 4.14. The minimum atomic E-state index is 0.101. The van der Waals surface area contributed by atoms with Crippen LogP contribution in [0.2, 0.25) is 0 Å². The van der Waals surface area contributed by atoms with Crippen LogP contribution >= 0.6 is 15.9 Å². The Bertz CT molecular complexity index is 502. The predicted octanol–water partition coefficient (Wildman–Crippen LogP) is 3.17. The number of aliphatic hydroxyl groups is 1. The second-order valence-electron chi connectivity index (χ2n) is 3.47. The number of hydrogen-bond donors (Lipinski definition) is 1. The van der Waals surface area contributed by atoms with Gasteiger partial charge in [0.25, 0.3) is 0 Å². The molecule has 0 bridgehead atoms. The molecule has 0 aliphatic heterocycles. The Kier molecular flexibility index (Phi) is 4.12. The van der Waals surface area contributed by atoms with Gasteiger partial charge < -0.3 is 9.84 Å². The minimum Gasteiger partial charge on any atom is -0.438 e.